The van der Waals surface area contributed by atoms with Crippen molar-refractivity contribution in [3.63, 3.8) is 0 Å². The third kappa shape index (κ3) is 2.31. The Morgan fingerprint density at radius 2 is 2.17 bits per heavy atom. The first-order valence-corrected chi connectivity index (χ1v) is 4.27. The highest BCUT2D eigenvalue weighted by Gasteiger charge is 1.96. The van der Waals surface area contributed by atoms with E-state index in [9.17, 15) is 0 Å². The SMILES string of the molecule is Cc1cc(CCCO)cnc1C. The van der Waals surface area contributed by atoms with Crippen molar-refractivity contribution in [1.82, 2.24) is 4.98 Å². The molecule has 0 fully saturated rings. The van der Waals surface area contributed by atoms with Gasteiger partial charge < -0.3 is 5.11 Å². The number of aryl methyl sites for hydroxylation is 3. The molecule has 0 spiro atoms. The van der Waals surface area contributed by atoms with Gasteiger partial charge in [0.2, 0.25) is 0 Å². The van der Waals surface area contributed by atoms with Crippen LogP contribution in [0.5, 0.6) is 0 Å². The summed E-state index contributed by atoms with van der Waals surface area (Å²) in [5.41, 5.74) is 3.53. The van der Waals surface area contributed by atoms with Crippen molar-refractivity contribution in [2.24, 2.45) is 0 Å². The zero-order valence-electron chi connectivity index (χ0n) is 7.67. The molecular formula is C10H15NO. The molecule has 1 aromatic rings. The third-order valence-electron chi connectivity index (χ3n) is 2.02. The second-order valence-corrected chi connectivity index (χ2v) is 3.07. The summed E-state index contributed by atoms with van der Waals surface area (Å²) in [6.45, 7) is 4.32. The van der Waals surface area contributed by atoms with Crippen LogP contribution in [-0.2, 0) is 6.42 Å². The van der Waals surface area contributed by atoms with Gasteiger partial charge in [-0.1, -0.05) is 6.07 Å². The van der Waals surface area contributed by atoms with Crippen molar-refractivity contribution in [3.05, 3.63) is 29.1 Å². The minimum atomic E-state index is 0.257. The maximum atomic E-state index is 8.63. The highest BCUT2D eigenvalue weighted by atomic mass is 16.2. The Balaban J connectivity index is 2.69. The zero-order valence-corrected chi connectivity index (χ0v) is 7.67. The molecule has 1 heterocycles. The average molecular weight is 165 g/mol. The Morgan fingerprint density at radius 3 is 2.75 bits per heavy atom. The van der Waals surface area contributed by atoms with E-state index in [2.05, 4.69) is 18.0 Å². The van der Waals surface area contributed by atoms with Gasteiger partial charge in [-0.3, -0.25) is 4.98 Å². The van der Waals surface area contributed by atoms with Gasteiger partial charge in [0, 0.05) is 18.5 Å². The molecule has 0 saturated carbocycles. The Hall–Kier alpha value is -0.890. The van der Waals surface area contributed by atoms with E-state index >= 15 is 0 Å². The molecule has 1 rings (SSSR count). The average Bonchev–Trinajstić information content (AvgIpc) is 2.07. The van der Waals surface area contributed by atoms with Crippen LogP contribution in [0.15, 0.2) is 12.3 Å². The van der Waals surface area contributed by atoms with Crippen LogP contribution in [0.4, 0.5) is 0 Å². The quantitative estimate of drug-likeness (QED) is 0.738. The normalized spacial score (nSPS) is 10.2. The molecule has 1 aromatic heterocycles. The van der Waals surface area contributed by atoms with Crippen molar-refractivity contribution in [3.8, 4) is 0 Å². The molecule has 0 bridgehead atoms. The molecule has 66 valence electrons. The Labute approximate surface area is 73.3 Å². The van der Waals surface area contributed by atoms with Crippen molar-refractivity contribution >= 4 is 0 Å². The smallest absolute Gasteiger partial charge is 0.0434 e. The minimum absolute atomic E-state index is 0.257. The molecule has 0 aliphatic carbocycles. The molecule has 1 N–H and O–H groups in total. The lowest BCUT2D eigenvalue weighted by Gasteiger charge is -2.02. The number of hydrogen-bond donors (Lipinski definition) is 1. The van der Waals surface area contributed by atoms with Gasteiger partial charge in [0.05, 0.1) is 0 Å². The van der Waals surface area contributed by atoms with Gasteiger partial charge in [-0.25, -0.2) is 0 Å². The highest BCUT2D eigenvalue weighted by molar-refractivity contribution is 5.22. The van der Waals surface area contributed by atoms with Crippen LogP contribution in [0.3, 0.4) is 0 Å². The van der Waals surface area contributed by atoms with Crippen molar-refractivity contribution in [2.45, 2.75) is 26.7 Å². The van der Waals surface area contributed by atoms with Crippen LogP contribution < -0.4 is 0 Å². The summed E-state index contributed by atoms with van der Waals surface area (Å²) in [4.78, 5) is 4.25. The summed E-state index contributed by atoms with van der Waals surface area (Å²) in [5.74, 6) is 0. The number of pyridine rings is 1. The lowest BCUT2D eigenvalue weighted by atomic mass is 10.1. The van der Waals surface area contributed by atoms with Gasteiger partial charge in [0.15, 0.2) is 0 Å². The van der Waals surface area contributed by atoms with Crippen LogP contribution >= 0.6 is 0 Å². The molecular weight excluding hydrogens is 150 g/mol. The molecule has 0 aliphatic rings. The summed E-state index contributed by atoms with van der Waals surface area (Å²) in [6.07, 6.45) is 3.63. The lowest BCUT2D eigenvalue weighted by molar-refractivity contribution is 0.288. The molecule has 2 heteroatoms. The van der Waals surface area contributed by atoms with E-state index in [1.165, 1.54) is 11.1 Å². The number of nitrogens with zero attached hydrogens (tertiary/aromatic N) is 1. The van der Waals surface area contributed by atoms with Gasteiger partial charge in [-0.15, -0.1) is 0 Å². The topological polar surface area (TPSA) is 33.1 Å². The summed E-state index contributed by atoms with van der Waals surface area (Å²) >= 11 is 0. The third-order valence-corrected chi connectivity index (χ3v) is 2.02. The van der Waals surface area contributed by atoms with Crippen molar-refractivity contribution < 1.29 is 5.11 Å². The molecule has 0 unspecified atom stereocenters. The van der Waals surface area contributed by atoms with Crippen LogP contribution in [0.25, 0.3) is 0 Å². The molecule has 12 heavy (non-hydrogen) atoms. The summed E-state index contributed by atoms with van der Waals surface area (Å²) in [6, 6.07) is 2.14. The molecule has 0 atom stereocenters. The van der Waals surface area contributed by atoms with Crippen LogP contribution in [-0.4, -0.2) is 16.7 Å². The number of aliphatic hydroxyl groups is 1. The monoisotopic (exact) mass is 165 g/mol. The van der Waals surface area contributed by atoms with Crippen molar-refractivity contribution in [1.29, 1.82) is 0 Å². The number of aliphatic hydroxyl groups excluding tert-OH is 1. The van der Waals surface area contributed by atoms with E-state index in [0.717, 1.165) is 18.5 Å². The zero-order chi connectivity index (χ0) is 8.97. The molecule has 0 amide bonds. The fourth-order valence-corrected chi connectivity index (χ4v) is 1.12. The van der Waals surface area contributed by atoms with Crippen molar-refractivity contribution in [2.75, 3.05) is 6.61 Å². The molecule has 0 aromatic carbocycles. The number of aromatic nitrogens is 1. The predicted octanol–water partition coefficient (Wildman–Crippen LogP) is 1.62. The van der Waals surface area contributed by atoms with E-state index in [0.29, 0.717) is 0 Å². The van der Waals surface area contributed by atoms with E-state index < -0.39 is 0 Å². The van der Waals surface area contributed by atoms with Gasteiger partial charge in [-0.2, -0.15) is 0 Å². The second-order valence-electron chi connectivity index (χ2n) is 3.07. The first-order chi connectivity index (χ1) is 5.74. The molecule has 0 saturated heterocycles. The Morgan fingerprint density at radius 1 is 1.42 bits per heavy atom. The molecule has 0 aliphatic heterocycles. The molecule has 0 radical (unpaired) electrons. The Kier molecular flexibility index (Phi) is 3.23. The first kappa shape index (κ1) is 9.20. The highest BCUT2D eigenvalue weighted by Crippen LogP contribution is 2.07. The second kappa shape index (κ2) is 4.21. The maximum absolute atomic E-state index is 8.63. The van der Waals surface area contributed by atoms with E-state index in [1.807, 2.05) is 13.1 Å². The minimum Gasteiger partial charge on any atom is -0.396 e. The summed E-state index contributed by atoms with van der Waals surface area (Å²) in [7, 11) is 0. The fourth-order valence-electron chi connectivity index (χ4n) is 1.12. The first-order valence-electron chi connectivity index (χ1n) is 4.27. The standard InChI is InChI=1S/C10H15NO/c1-8-6-10(4-3-5-12)7-11-9(8)2/h6-7,12H,3-5H2,1-2H3. The van der Waals surface area contributed by atoms with Gasteiger partial charge in [0.1, 0.15) is 0 Å². The Bertz CT molecular complexity index is 258. The van der Waals surface area contributed by atoms with E-state index in [4.69, 9.17) is 5.11 Å². The largest absolute Gasteiger partial charge is 0.396 e. The maximum Gasteiger partial charge on any atom is 0.0434 e. The van der Waals surface area contributed by atoms with E-state index in [1.54, 1.807) is 0 Å². The molecule has 2 nitrogen and oxygen atoms in total. The van der Waals surface area contributed by atoms with Gasteiger partial charge in [0.25, 0.3) is 0 Å². The van der Waals surface area contributed by atoms with Crippen LogP contribution in [0, 0.1) is 13.8 Å². The van der Waals surface area contributed by atoms with E-state index in [-0.39, 0.29) is 6.61 Å². The fraction of sp³-hybridized carbons (Fsp3) is 0.500. The summed E-state index contributed by atoms with van der Waals surface area (Å²) < 4.78 is 0. The summed E-state index contributed by atoms with van der Waals surface area (Å²) in [5, 5.41) is 8.63. The van der Waals surface area contributed by atoms with Crippen LogP contribution in [0.1, 0.15) is 23.2 Å². The van der Waals surface area contributed by atoms with Gasteiger partial charge in [-0.05, 0) is 37.8 Å². The number of rotatable bonds is 3. The predicted molar refractivity (Wildman–Crippen MR) is 49.1 cm³/mol. The number of hydrogen-bond acceptors (Lipinski definition) is 2. The lowest BCUT2D eigenvalue weighted by Crippen LogP contribution is -1.93. The van der Waals surface area contributed by atoms with Gasteiger partial charge >= 0.3 is 0 Å². The van der Waals surface area contributed by atoms with Crippen LogP contribution in [0.2, 0.25) is 0 Å².